The maximum Gasteiger partial charge on any atom is 0.0511 e. The fraction of sp³-hybridized carbons (Fsp3) is 0.900. The molecule has 0 aliphatic heterocycles. The molecule has 2 nitrogen and oxygen atoms in total. The lowest BCUT2D eigenvalue weighted by Gasteiger charge is -2.22. The molecule has 2 N–H and O–H groups in total. The minimum Gasteiger partial charge on any atom is -0.329 e. The van der Waals surface area contributed by atoms with Gasteiger partial charge in [-0.1, -0.05) is 0 Å². The topological polar surface area (TPSA) is 38.4 Å². The third-order valence-corrected chi connectivity index (χ3v) is 3.31. The average molecular weight is 166 g/mol. The van der Waals surface area contributed by atoms with Crippen LogP contribution < -0.4 is 5.73 Å². The molecule has 12 heavy (non-hydrogen) atoms. The van der Waals surface area contributed by atoms with E-state index in [-0.39, 0.29) is 0 Å². The maximum absolute atomic E-state index is 5.40. The van der Waals surface area contributed by atoms with Crippen LogP contribution in [0, 0.1) is 5.41 Å². The molecule has 2 aliphatic rings. The van der Waals surface area contributed by atoms with Crippen molar-refractivity contribution in [1.82, 2.24) is 0 Å². The number of nitrogens with zero attached hydrogens (tertiary/aromatic N) is 1. The molecule has 0 amide bonds. The molecule has 0 atom stereocenters. The Hall–Kier alpha value is -0.370. The van der Waals surface area contributed by atoms with Crippen LogP contribution in [-0.2, 0) is 0 Å². The zero-order valence-electron chi connectivity index (χ0n) is 7.68. The van der Waals surface area contributed by atoms with Crippen LogP contribution in [0.4, 0.5) is 0 Å². The molecule has 1 spiro atoms. The van der Waals surface area contributed by atoms with Crippen LogP contribution >= 0.6 is 0 Å². The zero-order valence-corrected chi connectivity index (χ0v) is 7.68. The Morgan fingerprint density at radius 1 is 1.17 bits per heavy atom. The van der Waals surface area contributed by atoms with Crippen molar-refractivity contribution in [3.05, 3.63) is 0 Å². The van der Waals surface area contributed by atoms with Crippen molar-refractivity contribution in [2.24, 2.45) is 16.1 Å². The Balaban J connectivity index is 1.81. The quantitative estimate of drug-likeness (QED) is 0.666. The molecule has 0 bridgehead atoms. The highest BCUT2D eigenvalue weighted by molar-refractivity contribution is 5.85. The first kappa shape index (κ1) is 8.24. The highest BCUT2D eigenvalue weighted by Gasteiger charge is 2.43. The van der Waals surface area contributed by atoms with Gasteiger partial charge in [-0.3, -0.25) is 4.99 Å². The number of hydrogen-bond acceptors (Lipinski definition) is 2. The lowest BCUT2D eigenvalue weighted by Crippen LogP contribution is -2.16. The number of hydrogen-bond donors (Lipinski definition) is 1. The highest BCUT2D eigenvalue weighted by atomic mass is 14.8. The SMILES string of the molecule is NCCN=C1CCC2(CC1)CC2. The molecule has 0 aromatic rings. The van der Waals surface area contributed by atoms with E-state index >= 15 is 0 Å². The molecule has 2 aliphatic carbocycles. The molecule has 2 fully saturated rings. The third kappa shape index (κ3) is 1.69. The normalized spacial score (nSPS) is 25.9. The fourth-order valence-electron chi connectivity index (χ4n) is 2.13. The van der Waals surface area contributed by atoms with Crippen molar-refractivity contribution in [3.8, 4) is 0 Å². The van der Waals surface area contributed by atoms with Crippen molar-refractivity contribution in [3.63, 3.8) is 0 Å². The van der Waals surface area contributed by atoms with Crippen LogP contribution in [-0.4, -0.2) is 18.8 Å². The van der Waals surface area contributed by atoms with Gasteiger partial charge < -0.3 is 5.73 Å². The second-order valence-electron chi connectivity index (χ2n) is 4.24. The molecule has 2 heteroatoms. The molecule has 0 unspecified atom stereocenters. The molecule has 2 saturated carbocycles. The van der Waals surface area contributed by atoms with Crippen molar-refractivity contribution in [2.45, 2.75) is 38.5 Å². The molecule has 0 saturated heterocycles. The van der Waals surface area contributed by atoms with E-state index in [0.717, 1.165) is 12.0 Å². The molecule has 0 aromatic heterocycles. The summed E-state index contributed by atoms with van der Waals surface area (Å²) in [6, 6.07) is 0. The van der Waals surface area contributed by atoms with Gasteiger partial charge in [-0.15, -0.1) is 0 Å². The lowest BCUT2D eigenvalue weighted by atomic mass is 9.85. The lowest BCUT2D eigenvalue weighted by molar-refractivity contribution is 0.420. The summed E-state index contributed by atoms with van der Waals surface area (Å²) >= 11 is 0. The van der Waals surface area contributed by atoms with Crippen LogP contribution in [0.5, 0.6) is 0 Å². The van der Waals surface area contributed by atoms with Crippen molar-refractivity contribution in [2.75, 3.05) is 13.1 Å². The van der Waals surface area contributed by atoms with Gasteiger partial charge in [-0.05, 0) is 43.9 Å². The van der Waals surface area contributed by atoms with Crippen LogP contribution in [0.2, 0.25) is 0 Å². The Kier molecular flexibility index (Phi) is 2.18. The van der Waals surface area contributed by atoms with Gasteiger partial charge in [-0.2, -0.15) is 0 Å². The summed E-state index contributed by atoms with van der Waals surface area (Å²) < 4.78 is 0. The first-order chi connectivity index (χ1) is 5.85. The molecule has 0 radical (unpaired) electrons. The summed E-state index contributed by atoms with van der Waals surface area (Å²) in [6.07, 6.45) is 8.27. The van der Waals surface area contributed by atoms with Crippen molar-refractivity contribution < 1.29 is 0 Å². The Morgan fingerprint density at radius 2 is 1.83 bits per heavy atom. The summed E-state index contributed by atoms with van der Waals surface area (Å²) in [6.45, 7) is 1.54. The molecule has 0 heterocycles. The van der Waals surface area contributed by atoms with Crippen LogP contribution in [0.25, 0.3) is 0 Å². The van der Waals surface area contributed by atoms with Gasteiger partial charge in [-0.25, -0.2) is 0 Å². The summed E-state index contributed by atoms with van der Waals surface area (Å²) in [7, 11) is 0. The summed E-state index contributed by atoms with van der Waals surface area (Å²) in [5.74, 6) is 0. The van der Waals surface area contributed by atoms with Gasteiger partial charge in [0.05, 0.1) is 6.54 Å². The van der Waals surface area contributed by atoms with E-state index in [9.17, 15) is 0 Å². The van der Waals surface area contributed by atoms with Gasteiger partial charge >= 0.3 is 0 Å². The Labute approximate surface area is 74.2 Å². The third-order valence-electron chi connectivity index (χ3n) is 3.31. The summed E-state index contributed by atoms with van der Waals surface area (Å²) in [5.41, 5.74) is 7.63. The van der Waals surface area contributed by atoms with Gasteiger partial charge in [0.2, 0.25) is 0 Å². The number of aliphatic imine (C=N–C) groups is 1. The van der Waals surface area contributed by atoms with Gasteiger partial charge in [0.1, 0.15) is 0 Å². The molecule has 2 rings (SSSR count). The zero-order chi connectivity index (χ0) is 8.44. The Bertz CT molecular complexity index is 180. The van der Waals surface area contributed by atoms with E-state index in [1.54, 1.807) is 0 Å². The molecule has 0 aromatic carbocycles. The molecule has 68 valence electrons. The Morgan fingerprint density at radius 3 is 2.33 bits per heavy atom. The second kappa shape index (κ2) is 3.17. The average Bonchev–Trinajstić information content (AvgIpc) is 2.85. The predicted molar refractivity (Wildman–Crippen MR) is 51.5 cm³/mol. The standard InChI is InChI=1S/C10H18N2/c11-7-8-12-9-1-3-10(4-2-9)5-6-10/h1-8,11H2. The minimum absolute atomic E-state index is 0.703. The molecular formula is C10H18N2. The largest absolute Gasteiger partial charge is 0.329 e. The van der Waals surface area contributed by atoms with Crippen LogP contribution in [0.3, 0.4) is 0 Å². The highest BCUT2D eigenvalue weighted by Crippen LogP contribution is 2.55. The summed E-state index contributed by atoms with van der Waals surface area (Å²) in [5, 5.41) is 0. The van der Waals surface area contributed by atoms with Gasteiger partial charge in [0, 0.05) is 12.3 Å². The van der Waals surface area contributed by atoms with E-state index in [4.69, 9.17) is 5.73 Å². The van der Waals surface area contributed by atoms with Crippen molar-refractivity contribution >= 4 is 5.71 Å². The van der Waals surface area contributed by atoms with Gasteiger partial charge in [0.15, 0.2) is 0 Å². The van der Waals surface area contributed by atoms with E-state index < -0.39 is 0 Å². The van der Waals surface area contributed by atoms with E-state index in [2.05, 4.69) is 4.99 Å². The maximum atomic E-state index is 5.40. The number of rotatable bonds is 2. The van der Waals surface area contributed by atoms with Gasteiger partial charge in [0.25, 0.3) is 0 Å². The van der Waals surface area contributed by atoms with E-state index in [1.165, 1.54) is 44.2 Å². The second-order valence-corrected chi connectivity index (χ2v) is 4.24. The van der Waals surface area contributed by atoms with E-state index in [1.807, 2.05) is 0 Å². The van der Waals surface area contributed by atoms with Crippen molar-refractivity contribution in [1.29, 1.82) is 0 Å². The predicted octanol–water partition coefficient (Wildman–Crippen LogP) is 1.74. The fourth-order valence-corrected chi connectivity index (χ4v) is 2.13. The first-order valence-electron chi connectivity index (χ1n) is 5.07. The first-order valence-corrected chi connectivity index (χ1v) is 5.07. The van der Waals surface area contributed by atoms with E-state index in [0.29, 0.717) is 6.54 Å². The van der Waals surface area contributed by atoms with Crippen LogP contribution in [0.15, 0.2) is 4.99 Å². The molecular weight excluding hydrogens is 148 g/mol. The number of nitrogens with two attached hydrogens (primary N) is 1. The smallest absolute Gasteiger partial charge is 0.0511 e. The monoisotopic (exact) mass is 166 g/mol. The summed E-state index contributed by atoms with van der Waals surface area (Å²) in [4.78, 5) is 4.49. The van der Waals surface area contributed by atoms with Crippen LogP contribution in [0.1, 0.15) is 38.5 Å². The minimum atomic E-state index is 0.703.